The zero-order valence-electron chi connectivity index (χ0n) is 8.58. The van der Waals surface area contributed by atoms with E-state index in [4.69, 9.17) is 5.11 Å². The Morgan fingerprint density at radius 2 is 2.31 bits per heavy atom. The van der Waals surface area contributed by atoms with Crippen LogP contribution in [0.4, 0.5) is 0 Å². The van der Waals surface area contributed by atoms with Gasteiger partial charge in [-0.2, -0.15) is 5.10 Å². The minimum Gasteiger partial charge on any atom is -0.478 e. The van der Waals surface area contributed by atoms with Crippen molar-refractivity contribution in [3.8, 4) is 0 Å². The van der Waals surface area contributed by atoms with Crippen LogP contribution < -0.4 is 0 Å². The number of hydrogen-bond donors (Lipinski definition) is 1. The van der Waals surface area contributed by atoms with Crippen molar-refractivity contribution in [1.82, 2.24) is 14.8 Å². The van der Waals surface area contributed by atoms with Crippen LogP contribution in [0.3, 0.4) is 0 Å². The van der Waals surface area contributed by atoms with E-state index in [2.05, 4.69) is 10.1 Å². The Labute approximate surface area is 92.4 Å². The molecule has 0 atom stereocenters. The average Bonchev–Trinajstić information content (AvgIpc) is 2.76. The van der Waals surface area contributed by atoms with Gasteiger partial charge < -0.3 is 5.11 Å². The van der Waals surface area contributed by atoms with Crippen molar-refractivity contribution in [2.45, 2.75) is 13.0 Å². The number of carboxylic acid groups (broad SMARTS) is 1. The van der Waals surface area contributed by atoms with Crippen LogP contribution in [-0.4, -0.2) is 25.8 Å². The zero-order chi connectivity index (χ0) is 11.4. The molecule has 0 aromatic carbocycles. The molecule has 0 saturated carbocycles. The standard InChI is InChI=1S/C11H11N3O2/c15-11(16)10-7-13-14(8-10)5-3-9-2-1-4-12-6-9/h1-2,4,6-8H,3,5H2,(H,15,16). The Kier molecular flexibility index (Phi) is 2.95. The van der Waals surface area contributed by atoms with E-state index in [1.54, 1.807) is 17.1 Å². The molecule has 5 nitrogen and oxygen atoms in total. The predicted octanol–water partition coefficient (Wildman–Crippen LogP) is 1.22. The summed E-state index contributed by atoms with van der Waals surface area (Å²) in [5.74, 6) is -0.951. The molecule has 0 saturated heterocycles. The lowest BCUT2D eigenvalue weighted by atomic mass is 10.2. The van der Waals surface area contributed by atoms with Gasteiger partial charge in [-0.15, -0.1) is 0 Å². The van der Waals surface area contributed by atoms with Gasteiger partial charge in [-0.1, -0.05) is 6.07 Å². The molecule has 2 aromatic heterocycles. The molecule has 5 heteroatoms. The number of rotatable bonds is 4. The van der Waals surface area contributed by atoms with Crippen molar-refractivity contribution in [2.24, 2.45) is 0 Å². The molecule has 0 spiro atoms. The molecule has 0 unspecified atom stereocenters. The summed E-state index contributed by atoms with van der Waals surface area (Å²) in [6, 6.07) is 3.86. The Morgan fingerprint density at radius 1 is 1.44 bits per heavy atom. The summed E-state index contributed by atoms with van der Waals surface area (Å²) < 4.78 is 1.62. The van der Waals surface area contributed by atoms with E-state index in [0.717, 1.165) is 12.0 Å². The smallest absolute Gasteiger partial charge is 0.338 e. The fourth-order valence-electron chi connectivity index (χ4n) is 1.39. The van der Waals surface area contributed by atoms with Gasteiger partial charge in [0, 0.05) is 25.1 Å². The van der Waals surface area contributed by atoms with Crippen LogP contribution in [0.2, 0.25) is 0 Å². The number of aromatic carboxylic acids is 1. The lowest BCUT2D eigenvalue weighted by Gasteiger charge is -2.00. The molecule has 0 bridgehead atoms. The maximum absolute atomic E-state index is 10.6. The van der Waals surface area contributed by atoms with Gasteiger partial charge in [0.15, 0.2) is 0 Å². The van der Waals surface area contributed by atoms with Gasteiger partial charge in [0.2, 0.25) is 0 Å². The van der Waals surface area contributed by atoms with Gasteiger partial charge in [0.05, 0.1) is 11.8 Å². The van der Waals surface area contributed by atoms with Gasteiger partial charge in [-0.05, 0) is 18.1 Å². The third-order valence-corrected chi connectivity index (χ3v) is 2.23. The number of carboxylic acids is 1. The van der Waals surface area contributed by atoms with Crippen LogP contribution in [0.15, 0.2) is 36.9 Å². The van der Waals surface area contributed by atoms with E-state index >= 15 is 0 Å². The summed E-state index contributed by atoms with van der Waals surface area (Å²) in [7, 11) is 0. The SMILES string of the molecule is O=C(O)c1cnn(CCc2cccnc2)c1. The highest BCUT2D eigenvalue weighted by Crippen LogP contribution is 2.01. The van der Waals surface area contributed by atoms with E-state index in [0.29, 0.717) is 6.54 Å². The molecular weight excluding hydrogens is 206 g/mol. The molecule has 0 fully saturated rings. The third kappa shape index (κ3) is 2.44. The van der Waals surface area contributed by atoms with Crippen molar-refractivity contribution in [3.05, 3.63) is 48.0 Å². The van der Waals surface area contributed by atoms with Gasteiger partial charge >= 0.3 is 5.97 Å². The van der Waals surface area contributed by atoms with Crippen molar-refractivity contribution < 1.29 is 9.90 Å². The fraction of sp³-hybridized carbons (Fsp3) is 0.182. The zero-order valence-corrected chi connectivity index (χ0v) is 8.58. The summed E-state index contributed by atoms with van der Waals surface area (Å²) in [6.07, 6.45) is 7.18. The maximum Gasteiger partial charge on any atom is 0.338 e. The van der Waals surface area contributed by atoms with Gasteiger partial charge in [-0.3, -0.25) is 9.67 Å². The summed E-state index contributed by atoms with van der Waals surface area (Å²) in [4.78, 5) is 14.6. The maximum atomic E-state index is 10.6. The van der Waals surface area contributed by atoms with Crippen LogP contribution in [0.5, 0.6) is 0 Å². The number of aromatic nitrogens is 3. The number of nitrogens with zero attached hydrogens (tertiary/aromatic N) is 3. The van der Waals surface area contributed by atoms with E-state index < -0.39 is 5.97 Å². The molecule has 2 heterocycles. The highest BCUT2D eigenvalue weighted by Gasteiger charge is 2.05. The predicted molar refractivity (Wildman–Crippen MR) is 57.1 cm³/mol. The van der Waals surface area contributed by atoms with Crippen molar-refractivity contribution in [3.63, 3.8) is 0 Å². The first kappa shape index (κ1) is 10.4. The highest BCUT2D eigenvalue weighted by molar-refractivity contribution is 5.86. The topological polar surface area (TPSA) is 68.0 Å². The molecular formula is C11H11N3O2. The molecule has 1 N–H and O–H groups in total. The minimum atomic E-state index is -0.951. The minimum absolute atomic E-state index is 0.214. The van der Waals surface area contributed by atoms with Crippen molar-refractivity contribution in [1.29, 1.82) is 0 Å². The van der Waals surface area contributed by atoms with Crippen molar-refractivity contribution >= 4 is 5.97 Å². The highest BCUT2D eigenvalue weighted by atomic mass is 16.4. The first-order valence-electron chi connectivity index (χ1n) is 4.90. The van der Waals surface area contributed by atoms with Crippen LogP contribution in [0, 0.1) is 0 Å². The number of hydrogen-bond acceptors (Lipinski definition) is 3. The lowest BCUT2D eigenvalue weighted by molar-refractivity contribution is 0.0697. The Bertz CT molecular complexity index is 479. The molecule has 0 aliphatic heterocycles. The number of carbonyl (C=O) groups is 1. The lowest BCUT2D eigenvalue weighted by Crippen LogP contribution is -2.02. The van der Waals surface area contributed by atoms with Gasteiger partial charge in [0.25, 0.3) is 0 Å². The summed E-state index contributed by atoms with van der Waals surface area (Å²) in [5.41, 5.74) is 1.32. The van der Waals surface area contributed by atoms with Crippen molar-refractivity contribution in [2.75, 3.05) is 0 Å². The third-order valence-electron chi connectivity index (χ3n) is 2.23. The number of pyridine rings is 1. The van der Waals surface area contributed by atoms with Crippen LogP contribution in [0.25, 0.3) is 0 Å². The average molecular weight is 217 g/mol. The van der Waals surface area contributed by atoms with Crippen LogP contribution in [-0.2, 0) is 13.0 Å². The molecule has 2 aromatic rings. The molecule has 16 heavy (non-hydrogen) atoms. The quantitative estimate of drug-likeness (QED) is 0.836. The molecule has 82 valence electrons. The largest absolute Gasteiger partial charge is 0.478 e. The molecule has 0 amide bonds. The molecule has 2 rings (SSSR count). The molecule has 0 aliphatic rings. The van der Waals surface area contributed by atoms with E-state index in [1.165, 1.54) is 12.4 Å². The normalized spacial score (nSPS) is 10.2. The van der Waals surface area contributed by atoms with E-state index in [-0.39, 0.29) is 5.56 Å². The van der Waals surface area contributed by atoms with E-state index in [1.807, 2.05) is 12.1 Å². The van der Waals surface area contributed by atoms with Crippen LogP contribution in [0.1, 0.15) is 15.9 Å². The second-order valence-corrected chi connectivity index (χ2v) is 3.41. The summed E-state index contributed by atoms with van der Waals surface area (Å²) in [6.45, 7) is 0.652. The molecule has 0 radical (unpaired) electrons. The second kappa shape index (κ2) is 4.57. The summed E-state index contributed by atoms with van der Waals surface area (Å²) in [5, 5.41) is 12.7. The first-order valence-corrected chi connectivity index (χ1v) is 4.90. The fourth-order valence-corrected chi connectivity index (χ4v) is 1.39. The second-order valence-electron chi connectivity index (χ2n) is 3.41. The van der Waals surface area contributed by atoms with Gasteiger partial charge in [0.1, 0.15) is 0 Å². The van der Waals surface area contributed by atoms with Crippen LogP contribution >= 0.6 is 0 Å². The number of aryl methyl sites for hydroxylation is 2. The Balaban J connectivity index is 1.97. The Morgan fingerprint density at radius 3 is 2.94 bits per heavy atom. The first-order chi connectivity index (χ1) is 7.75. The summed E-state index contributed by atoms with van der Waals surface area (Å²) >= 11 is 0. The Hall–Kier alpha value is -2.17. The molecule has 0 aliphatic carbocycles. The van der Waals surface area contributed by atoms with Gasteiger partial charge in [-0.25, -0.2) is 4.79 Å². The monoisotopic (exact) mass is 217 g/mol. The van der Waals surface area contributed by atoms with E-state index in [9.17, 15) is 4.79 Å².